The van der Waals surface area contributed by atoms with Crippen molar-refractivity contribution in [3.8, 4) is 0 Å². The highest BCUT2D eigenvalue weighted by molar-refractivity contribution is 6.09. The van der Waals surface area contributed by atoms with E-state index in [4.69, 9.17) is 4.42 Å². The summed E-state index contributed by atoms with van der Waals surface area (Å²) in [4.78, 5) is 26.0. The van der Waals surface area contributed by atoms with Crippen LogP contribution in [0.2, 0.25) is 0 Å². The van der Waals surface area contributed by atoms with Crippen molar-refractivity contribution in [2.45, 2.75) is 13.8 Å². The van der Waals surface area contributed by atoms with Gasteiger partial charge in [-0.05, 0) is 31.3 Å². The molecule has 5 nitrogen and oxygen atoms in total. The van der Waals surface area contributed by atoms with Gasteiger partial charge < -0.3 is 4.42 Å². The molecule has 2 aromatic rings. The van der Waals surface area contributed by atoms with Gasteiger partial charge in [0.2, 0.25) is 0 Å². The van der Waals surface area contributed by atoms with Crippen LogP contribution in [0.15, 0.2) is 39.6 Å². The molecule has 0 saturated carbocycles. The monoisotopic (exact) mass is 288 g/mol. The molecule has 0 unspecified atom stereocenters. The zero-order valence-corrected chi connectivity index (χ0v) is 12.7. The Morgan fingerprint density at radius 2 is 2.00 bits per heavy atom. The van der Waals surface area contributed by atoms with E-state index in [1.807, 2.05) is 13.8 Å². The van der Waals surface area contributed by atoms with Gasteiger partial charge in [-0.1, -0.05) is 20.4 Å². The molecular weight excluding hydrogens is 268 g/mol. The van der Waals surface area contributed by atoms with Gasteiger partial charge in [0.15, 0.2) is 11.4 Å². The van der Waals surface area contributed by atoms with Gasteiger partial charge in [0.1, 0.15) is 0 Å². The zero-order valence-electron chi connectivity index (χ0n) is 12.7. The van der Waals surface area contributed by atoms with Crippen molar-refractivity contribution < 1.29 is 9.21 Å². The summed E-state index contributed by atoms with van der Waals surface area (Å²) in [5.41, 5.74) is 2.13. The fourth-order valence-corrected chi connectivity index (χ4v) is 2.27. The summed E-state index contributed by atoms with van der Waals surface area (Å²) in [6, 6.07) is 5.03. The fraction of sp³-hybridized carbons (Fsp3) is 0.375. The number of oxazole rings is 1. The highest BCUT2D eigenvalue weighted by Crippen LogP contribution is 2.17. The summed E-state index contributed by atoms with van der Waals surface area (Å²) >= 11 is 0. The molecule has 112 valence electrons. The maximum atomic E-state index is 12.4. The van der Waals surface area contributed by atoms with Gasteiger partial charge >= 0.3 is 5.76 Å². The molecule has 0 spiro atoms. The molecule has 0 saturated heterocycles. The topological polar surface area (TPSA) is 55.5 Å². The lowest BCUT2D eigenvalue weighted by Gasteiger charge is -2.18. The number of aromatic nitrogens is 1. The fourth-order valence-electron chi connectivity index (χ4n) is 2.27. The van der Waals surface area contributed by atoms with E-state index in [0.717, 1.165) is 13.1 Å². The minimum absolute atomic E-state index is 0.115. The van der Waals surface area contributed by atoms with E-state index in [9.17, 15) is 9.59 Å². The predicted molar refractivity (Wildman–Crippen MR) is 82.7 cm³/mol. The van der Waals surface area contributed by atoms with Gasteiger partial charge in [0.05, 0.1) is 5.52 Å². The number of carbonyl (C=O) groups excluding carboxylic acids is 1. The molecule has 1 aromatic carbocycles. The first kappa shape index (κ1) is 15.3. The van der Waals surface area contributed by atoms with Crippen LogP contribution in [0.5, 0.6) is 0 Å². The number of carbonyl (C=O) groups is 1. The number of hydrogen-bond donors (Lipinski definition) is 0. The number of hydrogen-bond acceptors (Lipinski definition) is 4. The molecule has 0 aliphatic rings. The van der Waals surface area contributed by atoms with Crippen molar-refractivity contribution in [1.82, 2.24) is 9.47 Å². The average Bonchev–Trinajstić information content (AvgIpc) is 2.78. The Balaban J connectivity index is 2.27. The van der Waals surface area contributed by atoms with Crippen LogP contribution in [0.3, 0.4) is 0 Å². The number of likely N-dealkylation sites (N-methyl/N-ethyl adjacent to an activating group) is 1. The average molecular weight is 288 g/mol. The Kier molecular flexibility index (Phi) is 4.43. The zero-order chi connectivity index (χ0) is 15.6. The molecule has 0 atom stereocenters. The molecule has 1 aromatic heterocycles. The van der Waals surface area contributed by atoms with E-state index < -0.39 is 5.76 Å². The Morgan fingerprint density at radius 1 is 1.33 bits per heavy atom. The number of ketones is 1. The van der Waals surface area contributed by atoms with Crippen molar-refractivity contribution in [2.24, 2.45) is 7.05 Å². The molecule has 1 heterocycles. The molecular formula is C16H20N2O3. The molecule has 2 rings (SSSR count). The van der Waals surface area contributed by atoms with Crippen molar-refractivity contribution in [3.63, 3.8) is 0 Å². The van der Waals surface area contributed by atoms with E-state index >= 15 is 0 Å². The van der Waals surface area contributed by atoms with Crippen LogP contribution in [0.1, 0.15) is 24.2 Å². The second-order valence-corrected chi connectivity index (χ2v) is 5.00. The SMILES string of the molecule is C=C(CN(CC)CC)C(=O)c1ccc2c(c1)oc(=O)n2C. The van der Waals surface area contributed by atoms with Gasteiger partial charge in [-0.15, -0.1) is 0 Å². The van der Waals surface area contributed by atoms with Crippen molar-refractivity contribution in [1.29, 1.82) is 0 Å². The van der Waals surface area contributed by atoms with Crippen LogP contribution in [0.25, 0.3) is 11.1 Å². The van der Waals surface area contributed by atoms with Crippen LogP contribution in [0.4, 0.5) is 0 Å². The first-order chi connectivity index (χ1) is 9.97. The van der Waals surface area contributed by atoms with Crippen molar-refractivity contribution in [2.75, 3.05) is 19.6 Å². The molecule has 0 amide bonds. The Labute approximate surface area is 123 Å². The first-order valence-corrected chi connectivity index (χ1v) is 7.02. The molecule has 5 heteroatoms. The smallest absolute Gasteiger partial charge is 0.408 e. The third kappa shape index (κ3) is 2.97. The minimum Gasteiger partial charge on any atom is -0.408 e. The molecule has 0 fully saturated rings. The second-order valence-electron chi connectivity index (χ2n) is 5.00. The van der Waals surface area contributed by atoms with E-state index in [-0.39, 0.29) is 5.78 Å². The Bertz CT molecular complexity index is 736. The third-order valence-electron chi connectivity index (χ3n) is 3.68. The van der Waals surface area contributed by atoms with Crippen LogP contribution in [-0.2, 0) is 7.05 Å². The predicted octanol–water partition coefficient (Wildman–Crippen LogP) is 2.21. The maximum absolute atomic E-state index is 12.4. The van der Waals surface area contributed by atoms with Crippen molar-refractivity contribution >= 4 is 16.9 Å². The van der Waals surface area contributed by atoms with E-state index in [2.05, 4.69) is 11.5 Å². The lowest BCUT2D eigenvalue weighted by Crippen LogP contribution is -2.27. The van der Waals surface area contributed by atoms with Gasteiger partial charge in [0.25, 0.3) is 0 Å². The molecule has 21 heavy (non-hydrogen) atoms. The largest absolute Gasteiger partial charge is 0.419 e. The number of Topliss-reactive ketones (excluding diaryl/α,β-unsaturated/α-hetero) is 1. The quantitative estimate of drug-likeness (QED) is 0.604. The normalized spacial score (nSPS) is 11.2. The highest BCUT2D eigenvalue weighted by Gasteiger charge is 2.15. The molecule has 0 aliphatic carbocycles. The van der Waals surface area contributed by atoms with E-state index in [0.29, 0.717) is 28.8 Å². The molecule has 0 bridgehead atoms. The van der Waals surface area contributed by atoms with Crippen molar-refractivity contribution in [3.05, 3.63) is 46.5 Å². The third-order valence-corrected chi connectivity index (χ3v) is 3.68. The van der Waals surface area contributed by atoms with Crippen LogP contribution in [-0.4, -0.2) is 34.9 Å². The van der Waals surface area contributed by atoms with Crippen LogP contribution < -0.4 is 5.76 Å². The molecule has 0 aliphatic heterocycles. The van der Waals surface area contributed by atoms with E-state index in [1.54, 1.807) is 25.2 Å². The minimum atomic E-state index is -0.434. The second kappa shape index (κ2) is 6.10. The molecule has 0 N–H and O–H groups in total. The van der Waals surface area contributed by atoms with Gasteiger partial charge in [-0.2, -0.15) is 0 Å². The Morgan fingerprint density at radius 3 is 2.62 bits per heavy atom. The highest BCUT2D eigenvalue weighted by atomic mass is 16.4. The van der Waals surface area contributed by atoms with Crippen LogP contribution >= 0.6 is 0 Å². The number of benzene rings is 1. The number of rotatable bonds is 6. The lowest BCUT2D eigenvalue weighted by atomic mass is 10.0. The number of fused-ring (bicyclic) bond motifs is 1. The summed E-state index contributed by atoms with van der Waals surface area (Å²) in [5.74, 6) is -0.549. The summed E-state index contributed by atoms with van der Waals surface area (Å²) < 4.78 is 6.52. The lowest BCUT2D eigenvalue weighted by molar-refractivity contribution is 0.102. The van der Waals surface area contributed by atoms with Gasteiger partial charge in [0, 0.05) is 24.7 Å². The summed E-state index contributed by atoms with van der Waals surface area (Å²) in [6.07, 6.45) is 0. The summed E-state index contributed by atoms with van der Waals surface area (Å²) in [7, 11) is 1.63. The molecule has 0 radical (unpaired) electrons. The van der Waals surface area contributed by atoms with Crippen LogP contribution in [0, 0.1) is 0 Å². The summed E-state index contributed by atoms with van der Waals surface area (Å²) in [5, 5.41) is 0. The Hall–Kier alpha value is -2.14. The number of nitrogens with zero attached hydrogens (tertiary/aromatic N) is 2. The van der Waals surface area contributed by atoms with E-state index in [1.165, 1.54) is 4.57 Å². The summed E-state index contributed by atoms with van der Waals surface area (Å²) in [6.45, 7) is 10.3. The standard InChI is InChI=1S/C16H20N2O3/c1-5-18(6-2)10-11(3)15(19)12-7-8-13-14(9-12)21-16(20)17(13)4/h7-9H,3,5-6,10H2,1-2,4H3. The maximum Gasteiger partial charge on any atom is 0.419 e. The van der Waals surface area contributed by atoms with Gasteiger partial charge in [-0.25, -0.2) is 4.79 Å². The first-order valence-electron chi connectivity index (χ1n) is 7.02. The van der Waals surface area contributed by atoms with Gasteiger partial charge in [-0.3, -0.25) is 14.3 Å². The number of aryl methyl sites for hydroxylation is 1.